The Bertz CT molecular complexity index is 977. The van der Waals surface area contributed by atoms with E-state index in [1.807, 2.05) is 24.3 Å². The second-order valence-electron chi connectivity index (χ2n) is 5.95. The monoisotopic (exact) mass is 377 g/mol. The first-order chi connectivity index (χ1) is 13.5. The van der Waals surface area contributed by atoms with Crippen molar-refractivity contribution in [1.82, 2.24) is 0 Å². The van der Waals surface area contributed by atoms with E-state index >= 15 is 0 Å². The number of aromatic carboxylic acids is 1. The van der Waals surface area contributed by atoms with Gasteiger partial charge in [0.15, 0.2) is 0 Å². The molecule has 0 atom stereocenters. The molecule has 1 amide bonds. The Labute approximate surface area is 162 Å². The van der Waals surface area contributed by atoms with E-state index in [1.54, 1.807) is 31.3 Å². The van der Waals surface area contributed by atoms with Gasteiger partial charge in [0.05, 0.1) is 28.2 Å². The van der Waals surface area contributed by atoms with Crippen molar-refractivity contribution in [3.05, 3.63) is 78.5 Å². The minimum atomic E-state index is -1.03. The van der Waals surface area contributed by atoms with Crippen LogP contribution in [0.25, 0.3) is 0 Å². The summed E-state index contributed by atoms with van der Waals surface area (Å²) in [6.45, 7) is 5.73. The van der Waals surface area contributed by atoms with Crippen molar-refractivity contribution in [2.75, 3.05) is 16.9 Å². The van der Waals surface area contributed by atoms with E-state index in [-0.39, 0.29) is 11.5 Å². The molecule has 1 heterocycles. The predicted molar refractivity (Wildman–Crippen MR) is 108 cm³/mol. The number of para-hydroxylation sites is 2. The number of carboxylic acid groups (broad SMARTS) is 1. The minimum Gasteiger partial charge on any atom is -0.487 e. The summed E-state index contributed by atoms with van der Waals surface area (Å²) in [6, 6.07) is 13.3. The van der Waals surface area contributed by atoms with Crippen molar-refractivity contribution in [3.8, 4) is 5.75 Å². The van der Waals surface area contributed by atoms with Gasteiger partial charge in [-0.05, 0) is 43.3 Å². The highest BCUT2D eigenvalue weighted by Gasteiger charge is 2.28. The number of amides is 1. The molecule has 3 rings (SSSR count). The van der Waals surface area contributed by atoms with Crippen LogP contribution in [0.1, 0.15) is 17.3 Å². The van der Waals surface area contributed by atoms with Crippen molar-refractivity contribution in [2.24, 2.45) is 5.10 Å². The number of nitrogens with zero attached hydrogens (tertiary/aromatic N) is 2. The zero-order valence-corrected chi connectivity index (χ0v) is 15.3. The third-order valence-electron chi connectivity index (χ3n) is 4.04. The highest BCUT2D eigenvalue weighted by atomic mass is 16.5. The molecule has 7 heteroatoms. The van der Waals surface area contributed by atoms with E-state index in [2.05, 4.69) is 17.0 Å². The molecule has 2 aromatic carbocycles. The van der Waals surface area contributed by atoms with Gasteiger partial charge in [0.25, 0.3) is 5.91 Å². The lowest BCUT2D eigenvalue weighted by atomic mass is 10.1. The molecule has 2 N–H and O–H groups in total. The summed E-state index contributed by atoms with van der Waals surface area (Å²) in [7, 11) is 0. The van der Waals surface area contributed by atoms with Gasteiger partial charge in [0, 0.05) is 6.20 Å². The topological polar surface area (TPSA) is 91.2 Å². The molecule has 0 radical (unpaired) electrons. The number of carboxylic acids is 1. The SMILES string of the molecule is C=CCOc1ccccc1N/C=C1\C(=O)N(c2ccc(C(=O)O)cc2)N=C1C. The fourth-order valence-electron chi connectivity index (χ4n) is 2.61. The molecule has 0 saturated heterocycles. The Morgan fingerprint density at radius 3 is 2.64 bits per heavy atom. The molecular weight excluding hydrogens is 358 g/mol. The number of carbonyl (C=O) groups is 2. The van der Waals surface area contributed by atoms with Gasteiger partial charge in [-0.1, -0.05) is 24.8 Å². The van der Waals surface area contributed by atoms with Gasteiger partial charge in [0.1, 0.15) is 12.4 Å². The molecular formula is C21H19N3O4. The quantitative estimate of drug-likeness (QED) is 0.567. The third kappa shape index (κ3) is 3.93. The molecule has 0 fully saturated rings. The van der Waals surface area contributed by atoms with Crippen LogP contribution in [0.5, 0.6) is 5.75 Å². The number of hydrogen-bond acceptors (Lipinski definition) is 5. The summed E-state index contributed by atoms with van der Waals surface area (Å²) < 4.78 is 5.59. The van der Waals surface area contributed by atoms with Gasteiger partial charge in [-0.25, -0.2) is 4.79 Å². The van der Waals surface area contributed by atoms with Crippen LogP contribution in [0.3, 0.4) is 0 Å². The standard InChI is InChI=1S/C21H19N3O4/c1-3-12-28-19-7-5-4-6-18(19)22-13-17-14(2)23-24(20(17)25)16-10-8-15(9-11-16)21(26)27/h3-11,13,22H,1,12H2,2H3,(H,26,27)/b17-13-. The van der Waals surface area contributed by atoms with Crippen molar-refractivity contribution >= 4 is 29.0 Å². The van der Waals surface area contributed by atoms with E-state index in [9.17, 15) is 9.59 Å². The highest BCUT2D eigenvalue weighted by molar-refractivity contribution is 6.29. The van der Waals surface area contributed by atoms with E-state index in [4.69, 9.17) is 9.84 Å². The van der Waals surface area contributed by atoms with Gasteiger partial charge in [-0.3, -0.25) is 4.79 Å². The molecule has 1 aliphatic rings. The van der Waals surface area contributed by atoms with Gasteiger partial charge < -0.3 is 15.2 Å². The van der Waals surface area contributed by atoms with Crippen LogP contribution >= 0.6 is 0 Å². The molecule has 0 bridgehead atoms. The lowest BCUT2D eigenvalue weighted by Gasteiger charge is -2.12. The molecule has 28 heavy (non-hydrogen) atoms. The second kappa shape index (κ2) is 8.22. The molecule has 7 nitrogen and oxygen atoms in total. The van der Waals surface area contributed by atoms with Crippen LogP contribution in [-0.4, -0.2) is 29.3 Å². The number of anilines is 2. The normalized spacial score (nSPS) is 14.8. The first-order valence-electron chi connectivity index (χ1n) is 8.54. The maximum Gasteiger partial charge on any atom is 0.335 e. The average Bonchev–Trinajstić information content (AvgIpc) is 2.99. The van der Waals surface area contributed by atoms with Crippen LogP contribution in [0.15, 0.2) is 78.1 Å². The minimum absolute atomic E-state index is 0.143. The summed E-state index contributed by atoms with van der Waals surface area (Å²) in [5, 5.41) is 17.6. The Morgan fingerprint density at radius 1 is 1.25 bits per heavy atom. The third-order valence-corrected chi connectivity index (χ3v) is 4.04. The second-order valence-corrected chi connectivity index (χ2v) is 5.95. The van der Waals surface area contributed by atoms with Crippen molar-refractivity contribution < 1.29 is 19.4 Å². The Kier molecular flexibility index (Phi) is 5.55. The molecule has 0 aliphatic carbocycles. The number of carbonyl (C=O) groups excluding carboxylic acids is 1. The van der Waals surface area contributed by atoms with Gasteiger partial charge >= 0.3 is 5.97 Å². The number of hydrazone groups is 1. The zero-order valence-electron chi connectivity index (χ0n) is 15.3. The first-order valence-corrected chi connectivity index (χ1v) is 8.54. The maximum absolute atomic E-state index is 12.8. The van der Waals surface area contributed by atoms with E-state index in [1.165, 1.54) is 17.1 Å². The van der Waals surface area contributed by atoms with Crippen LogP contribution in [0, 0.1) is 0 Å². The summed E-state index contributed by atoms with van der Waals surface area (Å²) in [6.07, 6.45) is 3.24. The van der Waals surface area contributed by atoms with Crippen molar-refractivity contribution in [1.29, 1.82) is 0 Å². The Hall–Kier alpha value is -3.87. The smallest absolute Gasteiger partial charge is 0.335 e. The van der Waals surface area contributed by atoms with Crippen LogP contribution in [-0.2, 0) is 4.79 Å². The van der Waals surface area contributed by atoms with Crippen molar-refractivity contribution in [3.63, 3.8) is 0 Å². The van der Waals surface area contributed by atoms with E-state index in [0.29, 0.717) is 35.0 Å². The van der Waals surface area contributed by atoms with Crippen LogP contribution in [0.4, 0.5) is 11.4 Å². The number of nitrogens with one attached hydrogen (secondary N) is 1. The predicted octanol–water partition coefficient (Wildman–Crippen LogP) is 3.67. The average molecular weight is 377 g/mol. The lowest BCUT2D eigenvalue weighted by Crippen LogP contribution is -2.21. The van der Waals surface area contributed by atoms with Gasteiger partial charge in [-0.15, -0.1) is 0 Å². The van der Waals surface area contributed by atoms with E-state index < -0.39 is 5.97 Å². The first kappa shape index (κ1) is 18.9. The highest BCUT2D eigenvalue weighted by Crippen LogP contribution is 2.26. The Balaban J connectivity index is 1.79. The molecule has 0 aromatic heterocycles. The summed E-state index contributed by atoms with van der Waals surface area (Å²) in [5.74, 6) is -0.695. The number of ether oxygens (including phenoxy) is 1. The molecule has 0 unspecified atom stereocenters. The van der Waals surface area contributed by atoms with Crippen molar-refractivity contribution in [2.45, 2.75) is 6.92 Å². The van der Waals surface area contributed by atoms with E-state index in [0.717, 1.165) is 0 Å². The molecule has 0 saturated carbocycles. The maximum atomic E-state index is 12.8. The number of rotatable bonds is 7. The summed E-state index contributed by atoms with van der Waals surface area (Å²) in [4.78, 5) is 23.7. The molecule has 142 valence electrons. The Morgan fingerprint density at radius 2 is 1.96 bits per heavy atom. The fraction of sp³-hybridized carbons (Fsp3) is 0.0952. The number of hydrogen-bond donors (Lipinski definition) is 2. The molecule has 2 aromatic rings. The number of benzene rings is 2. The summed E-state index contributed by atoms with van der Waals surface area (Å²) in [5.41, 5.74) is 2.30. The van der Waals surface area contributed by atoms with Gasteiger partial charge in [-0.2, -0.15) is 10.1 Å². The van der Waals surface area contributed by atoms with Gasteiger partial charge in [0.2, 0.25) is 0 Å². The largest absolute Gasteiger partial charge is 0.487 e. The zero-order chi connectivity index (χ0) is 20.1. The molecule has 1 aliphatic heterocycles. The van der Waals surface area contributed by atoms with Crippen LogP contribution in [0.2, 0.25) is 0 Å². The molecule has 0 spiro atoms. The lowest BCUT2D eigenvalue weighted by molar-refractivity contribution is -0.114. The van der Waals surface area contributed by atoms with Crippen LogP contribution < -0.4 is 15.1 Å². The summed E-state index contributed by atoms with van der Waals surface area (Å²) >= 11 is 0. The fourth-order valence-corrected chi connectivity index (χ4v) is 2.61.